The molecule has 2 fully saturated rings. The zero-order valence-electron chi connectivity index (χ0n) is 14.5. The Bertz CT molecular complexity index is 480. The minimum absolute atomic E-state index is 0.00340. The molecule has 0 aromatic carbocycles. The summed E-state index contributed by atoms with van der Waals surface area (Å²) in [6.07, 6.45) is 3.39. The Hall–Kier alpha value is -0.580. The molecule has 0 radical (unpaired) electrons. The Morgan fingerprint density at radius 3 is 2.08 bits per heavy atom. The van der Waals surface area contributed by atoms with Crippen molar-refractivity contribution >= 4 is 0 Å². The zero-order chi connectivity index (χ0) is 17.5. The van der Waals surface area contributed by atoms with Gasteiger partial charge in [-0.05, 0) is 69.6 Å². The van der Waals surface area contributed by atoms with Crippen molar-refractivity contribution in [1.29, 1.82) is 0 Å². The highest BCUT2D eigenvalue weighted by molar-refractivity contribution is 5.10. The summed E-state index contributed by atoms with van der Waals surface area (Å²) in [7, 11) is 0. The van der Waals surface area contributed by atoms with Gasteiger partial charge in [0, 0.05) is 17.9 Å². The van der Waals surface area contributed by atoms with Gasteiger partial charge in [-0.25, -0.2) is 8.78 Å². The number of ether oxygens (including phenoxy) is 1. The van der Waals surface area contributed by atoms with Crippen molar-refractivity contribution in [3.63, 3.8) is 0 Å². The molecule has 138 valence electrons. The van der Waals surface area contributed by atoms with Crippen molar-refractivity contribution in [2.45, 2.75) is 83.3 Å². The Morgan fingerprint density at radius 2 is 1.50 bits per heavy atom. The average Bonchev–Trinajstić information content (AvgIpc) is 2.53. The molecule has 1 aliphatic heterocycles. The first-order valence-electron chi connectivity index (χ1n) is 9.29. The van der Waals surface area contributed by atoms with Crippen LogP contribution in [0.1, 0.15) is 65.2 Å². The van der Waals surface area contributed by atoms with E-state index in [4.69, 9.17) is 4.74 Å². The monoisotopic (exact) mass is 348 g/mol. The standard InChI is InChI=1S/C19H28F4O/c1-12-3-5-16(11-18(12,20)21)14-6-8-15(9-7-14)17-10-4-13(2)19(22,23)24-17/h4,12,14-17H,3,5-11H2,1-2H3. The van der Waals surface area contributed by atoms with E-state index in [1.807, 2.05) is 0 Å². The van der Waals surface area contributed by atoms with Crippen LogP contribution in [-0.4, -0.2) is 18.1 Å². The highest BCUT2D eigenvalue weighted by Crippen LogP contribution is 2.48. The van der Waals surface area contributed by atoms with E-state index < -0.39 is 24.1 Å². The van der Waals surface area contributed by atoms with E-state index in [9.17, 15) is 17.6 Å². The molecule has 2 aliphatic carbocycles. The predicted octanol–water partition coefficient (Wildman–Crippen LogP) is 6.19. The Kier molecular flexibility index (Phi) is 5.03. The van der Waals surface area contributed by atoms with Crippen LogP contribution in [0.25, 0.3) is 0 Å². The van der Waals surface area contributed by atoms with Crippen LogP contribution in [0.4, 0.5) is 17.6 Å². The van der Waals surface area contributed by atoms with Crippen LogP contribution in [-0.2, 0) is 4.74 Å². The third-order valence-electron chi connectivity index (χ3n) is 6.65. The smallest absolute Gasteiger partial charge is 0.313 e. The Balaban J connectivity index is 1.53. The van der Waals surface area contributed by atoms with Crippen molar-refractivity contribution in [2.75, 3.05) is 0 Å². The molecule has 0 spiro atoms. The third kappa shape index (κ3) is 3.66. The van der Waals surface area contributed by atoms with Crippen LogP contribution in [0.15, 0.2) is 11.6 Å². The summed E-state index contributed by atoms with van der Waals surface area (Å²) < 4.78 is 60.4. The van der Waals surface area contributed by atoms with Gasteiger partial charge in [-0.2, -0.15) is 8.78 Å². The van der Waals surface area contributed by atoms with E-state index in [2.05, 4.69) is 0 Å². The lowest BCUT2D eigenvalue weighted by atomic mass is 9.67. The molecule has 0 aromatic heterocycles. The minimum Gasteiger partial charge on any atom is -0.313 e. The molecular weight excluding hydrogens is 320 g/mol. The number of alkyl halides is 4. The molecule has 1 heterocycles. The van der Waals surface area contributed by atoms with E-state index in [1.54, 1.807) is 13.0 Å². The summed E-state index contributed by atoms with van der Waals surface area (Å²) in [4.78, 5) is 0. The molecule has 24 heavy (non-hydrogen) atoms. The molecule has 3 unspecified atom stereocenters. The molecule has 3 atom stereocenters. The normalized spacial score (nSPS) is 42.4. The summed E-state index contributed by atoms with van der Waals surface area (Å²) >= 11 is 0. The molecule has 2 saturated carbocycles. The van der Waals surface area contributed by atoms with Crippen molar-refractivity contribution in [1.82, 2.24) is 0 Å². The van der Waals surface area contributed by atoms with Crippen molar-refractivity contribution < 1.29 is 22.3 Å². The topological polar surface area (TPSA) is 9.23 Å². The van der Waals surface area contributed by atoms with Crippen LogP contribution < -0.4 is 0 Å². The maximum atomic E-state index is 14.0. The van der Waals surface area contributed by atoms with Crippen molar-refractivity contribution in [2.24, 2.45) is 23.7 Å². The van der Waals surface area contributed by atoms with Gasteiger partial charge in [0.1, 0.15) is 0 Å². The summed E-state index contributed by atoms with van der Waals surface area (Å²) in [6.45, 7) is 3.04. The summed E-state index contributed by atoms with van der Waals surface area (Å²) in [5, 5.41) is 0. The van der Waals surface area contributed by atoms with E-state index in [1.165, 1.54) is 6.92 Å². The van der Waals surface area contributed by atoms with Crippen LogP contribution in [0.2, 0.25) is 0 Å². The third-order valence-corrected chi connectivity index (χ3v) is 6.65. The fraction of sp³-hybridized carbons (Fsp3) is 0.895. The SMILES string of the molecule is CC1=CCC(C2CCC(C3CCC(C)C(F)(F)C3)CC2)OC1(F)F. The van der Waals surface area contributed by atoms with Crippen molar-refractivity contribution in [3.05, 3.63) is 11.6 Å². The molecule has 1 nitrogen and oxygen atoms in total. The summed E-state index contributed by atoms with van der Waals surface area (Å²) in [5.74, 6) is -2.53. The van der Waals surface area contributed by atoms with Gasteiger partial charge in [-0.3, -0.25) is 0 Å². The molecule has 0 bridgehead atoms. The van der Waals surface area contributed by atoms with E-state index in [-0.39, 0.29) is 23.8 Å². The quantitative estimate of drug-likeness (QED) is 0.427. The van der Waals surface area contributed by atoms with E-state index >= 15 is 0 Å². The van der Waals surface area contributed by atoms with Crippen LogP contribution >= 0.6 is 0 Å². The highest BCUT2D eigenvalue weighted by Gasteiger charge is 2.46. The van der Waals surface area contributed by atoms with Gasteiger partial charge < -0.3 is 4.74 Å². The van der Waals surface area contributed by atoms with Crippen LogP contribution in [0.5, 0.6) is 0 Å². The second-order valence-corrected chi connectivity index (χ2v) is 8.17. The second kappa shape index (κ2) is 6.62. The minimum atomic E-state index is -3.15. The van der Waals surface area contributed by atoms with Gasteiger partial charge in [0.05, 0.1) is 6.10 Å². The molecule has 0 saturated heterocycles. The largest absolute Gasteiger partial charge is 0.379 e. The van der Waals surface area contributed by atoms with E-state index in [0.29, 0.717) is 18.8 Å². The maximum absolute atomic E-state index is 14.0. The van der Waals surface area contributed by atoms with Gasteiger partial charge in [0.2, 0.25) is 0 Å². The second-order valence-electron chi connectivity index (χ2n) is 8.17. The summed E-state index contributed by atoms with van der Waals surface area (Å²) in [5.41, 5.74) is -0.00834. The number of rotatable bonds is 2. The average molecular weight is 348 g/mol. The molecule has 3 aliphatic rings. The molecule has 5 heteroatoms. The lowest BCUT2D eigenvalue weighted by Crippen LogP contribution is -2.40. The van der Waals surface area contributed by atoms with Crippen LogP contribution in [0.3, 0.4) is 0 Å². The fourth-order valence-electron chi connectivity index (χ4n) is 4.75. The predicted molar refractivity (Wildman–Crippen MR) is 85.1 cm³/mol. The Labute approximate surface area is 141 Å². The molecule has 3 rings (SSSR count). The fourth-order valence-corrected chi connectivity index (χ4v) is 4.75. The van der Waals surface area contributed by atoms with Gasteiger partial charge >= 0.3 is 6.11 Å². The van der Waals surface area contributed by atoms with Crippen LogP contribution in [0, 0.1) is 23.7 Å². The van der Waals surface area contributed by atoms with E-state index in [0.717, 1.165) is 32.1 Å². The van der Waals surface area contributed by atoms with Crippen molar-refractivity contribution in [3.8, 4) is 0 Å². The lowest BCUT2D eigenvalue weighted by molar-refractivity contribution is -0.253. The number of halogens is 4. The first kappa shape index (κ1) is 18.2. The summed E-state index contributed by atoms with van der Waals surface area (Å²) in [6, 6.07) is 0. The van der Waals surface area contributed by atoms with Gasteiger partial charge in [0.15, 0.2) is 0 Å². The number of hydrogen-bond donors (Lipinski definition) is 0. The van der Waals surface area contributed by atoms with Gasteiger partial charge in [-0.15, -0.1) is 0 Å². The molecule has 0 aromatic rings. The Morgan fingerprint density at radius 1 is 0.917 bits per heavy atom. The van der Waals surface area contributed by atoms with Gasteiger partial charge in [0.25, 0.3) is 5.92 Å². The highest BCUT2D eigenvalue weighted by atomic mass is 19.3. The molecular formula is C19H28F4O. The van der Waals surface area contributed by atoms with Gasteiger partial charge in [-0.1, -0.05) is 13.0 Å². The first-order chi connectivity index (χ1) is 11.2. The lowest BCUT2D eigenvalue weighted by Gasteiger charge is -2.42. The number of hydrogen-bond acceptors (Lipinski definition) is 1. The first-order valence-corrected chi connectivity index (χ1v) is 9.29. The molecule has 0 amide bonds. The maximum Gasteiger partial charge on any atom is 0.379 e. The molecule has 0 N–H and O–H groups in total. The zero-order valence-corrected chi connectivity index (χ0v) is 14.5.